The van der Waals surface area contributed by atoms with Crippen molar-refractivity contribution in [1.82, 2.24) is 14.6 Å². The van der Waals surface area contributed by atoms with Crippen molar-refractivity contribution in [2.45, 2.75) is 6.17 Å². The van der Waals surface area contributed by atoms with Crippen LogP contribution in [0.2, 0.25) is 0 Å². The number of para-hydroxylation sites is 1. The van der Waals surface area contributed by atoms with Crippen molar-refractivity contribution in [2.75, 3.05) is 38.7 Å². The summed E-state index contributed by atoms with van der Waals surface area (Å²) in [6.07, 6.45) is 2.75. The molecule has 12 heteroatoms. The summed E-state index contributed by atoms with van der Waals surface area (Å²) in [5, 5.41) is 23.0. The zero-order valence-electron chi connectivity index (χ0n) is 23.1. The van der Waals surface area contributed by atoms with Crippen LogP contribution in [0.3, 0.4) is 0 Å². The molecule has 0 radical (unpaired) electrons. The highest BCUT2D eigenvalue weighted by Gasteiger charge is 2.19. The van der Waals surface area contributed by atoms with E-state index in [-0.39, 0.29) is 5.70 Å². The number of amidine groups is 1. The number of nitrogens with one attached hydrogen (secondary N) is 4. The lowest BCUT2D eigenvalue weighted by Gasteiger charge is -2.25. The minimum atomic E-state index is -1.16. The van der Waals surface area contributed by atoms with Gasteiger partial charge in [0.25, 0.3) is 6.02 Å². The van der Waals surface area contributed by atoms with Crippen molar-refractivity contribution < 1.29 is 14.3 Å². The van der Waals surface area contributed by atoms with Crippen molar-refractivity contribution in [1.29, 1.82) is 10.8 Å². The fourth-order valence-corrected chi connectivity index (χ4v) is 4.88. The summed E-state index contributed by atoms with van der Waals surface area (Å²) >= 11 is 1.41. The van der Waals surface area contributed by atoms with E-state index < -0.39 is 18.1 Å². The van der Waals surface area contributed by atoms with Gasteiger partial charge in [-0.05, 0) is 30.1 Å². The number of carbonyl (C=O) groups is 1. The van der Waals surface area contributed by atoms with Gasteiger partial charge in [-0.15, -0.1) is 0 Å². The molecule has 3 aromatic rings. The van der Waals surface area contributed by atoms with Crippen LogP contribution in [0.25, 0.3) is 0 Å². The number of carbonyl (C=O) groups excluding carboxylic acids is 1. The van der Waals surface area contributed by atoms with E-state index in [0.29, 0.717) is 30.3 Å². The van der Waals surface area contributed by atoms with E-state index in [1.807, 2.05) is 60.7 Å². The van der Waals surface area contributed by atoms with Gasteiger partial charge in [-0.1, -0.05) is 55.1 Å². The second-order valence-corrected chi connectivity index (χ2v) is 9.95. The molecule has 1 fully saturated rings. The zero-order chi connectivity index (χ0) is 29.7. The molecule has 0 saturated carbocycles. The number of pyridine rings is 1. The Morgan fingerprint density at radius 3 is 2.50 bits per heavy atom. The molecule has 0 amide bonds. The van der Waals surface area contributed by atoms with Gasteiger partial charge in [0.2, 0.25) is 5.90 Å². The maximum atomic E-state index is 12.1. The van der Waals surface area contributed by atoms with Gasteiger partial charge in [0.05, 0.1) is 18.9 Å². The van der Waals surface area contributed by atoms with Crippen molar-refractivity contribution in [3.8, 4) is 0 Å². The second kappa shape index (κ2) is 15.4. The van der Waals surface area contributed by atoms with Gasteiger partial charge in [0.15, 0.2) is 12.5 Å². The number of ether oxygens (including phenoxy) is 2. The molecule has 1 unspecified atom stereocenters. The first-order chi connectivity index (χ1) is 20.5. The van der Waals surface area contributed by atoms with E-state index in [2.05, 4.69) is 36.5 Å². The number of nitrogens with zero attached hydrogens (tertiary/aromatic N) is 4. The molecule has 1 saturated heterocycles. The molecule has 0 spiro atoms. The highest BCUT2D eigenvalue weighted by atomic mass is 32.2. The van der Waals surface area contributed by atoms with Crippen LogP contribution >= 0.6 is 11.9 Å². The molecule has 4 N–H and O–H groups in total. The van der Waals surface area contributed by atoms with Crippen LogP contribution in [0.15, 0.2) is 101 Å². The predicted octanol–water partition coefficient (Wildman–Crippen LogP) is 3.94. The predicted molar refractivity (Wildman–Crippen MR) is 167 cm³/mol. The molecule has 4 rings (SSSR count). The molecular weight excluding hydrogens is 552 g/mol. The minimum absolute atomic E-state index is 0.000221. The summed E-state index contributed by atoms with van der Waals surface area (Å²) in [5.74, 6) is -0.450. The van der Waals surface area contributed by atoms with Gasteiger partial charge in [0, 0.05) is 54.9 Å². The lowest BCUT2D eigenvalue weighted by molar-refractivity contribution is -0.109. The third kappa shape index (κ3) is 8.43. The average molecular weight is 585 g/mol. The van der Waals surface area contributed by atoms with Crippen molar-refractivity contribution in [3.63, 3.8) is 0 Å². The van der Waals surface area contributed by atoms with E-state index in [9.17, 15) is 4.79 Å². The molecule has 0 bridgehead atoms. The summed E-state index contributed by atoms with van der Waals surface area (Å²) in [7, 11) is 1.81. The maximum absolute atomic E-state index is 12.1. The Balaban J connectivity index is 1.49. The first kappa shape index (κ1) is 30.3. The summed E-state index contributed by atoms with van der Waals surface area (Å²) in [5.41, 5.74) is 3.69. The fraction of sp³-hybridized carbons (Fsp3) is 0.200. The Kier molecular flexibility index (Phi) is 11.1. The molecule has 216 valence electrons. The summed E-state index contributed by atoms with van der Waals surface area (Å²) in [6.45, 7) is 6.53. The fourth-order valence-electron chi connectivity index (χ4n) is 3.92. The second-order valence-electron chi connectivity index (χ2n) is 8.86. The third-order valence-electron chi connectivity index (χ3n) is 5.97. The third-order valence-corrected chi connectivity index (χ3v) is 7.09. The number of benzene rings is 2. The first-order valence-corrected chi connectivity index (χ1v) is 13.9. The van der Waals surface area contributed by atoms with E-state index in [0.717, 1.165) is 35.5 Å². The summed E-state index contributed by atoms with van der Waals surface area (Å²) < 4.78 is 12.9. The largest absolute Gasteiger partial charge is 0.405 e. The molecule has 0 aliphatic carbocycles. The van der Waals surface area contributed by atoms with Gasteiger partial charge >= 0.3 is 0 Å². The first-order valence-electron chi connectivity index (χ1n) is 13.1. The topological polar surface area (TPSA) is 148 Å². The van der Waals surface area contributed by atoms with Crippen LogP contribution in [0.4, 0.5) is 5.69 Å². The molecule has 1 aliphatic rings. The Morgan fingerprint density at radius 1 is 1.10 bits per heavy atom. The number of hydrogen-bond donors (Lipinski definition) is 4. The van der Waals surface area contributed by atoms with E-state index in [1.165, 1.54) is 11.9 Å². The number of morpholine rings is 1. The van der Waals surface area contributed by atoms with E-state index in [1.54, 1.807) is 25.5 Å². The van der Waals surface area contributed by atoms with Crippen molar-refractivity contribution in [2.24, 2.45) is 9.98 Å². The zero-order valence-corrected chi connectivity index (χ0v) is 23.9. The lowest BCUT2D eigenvalue weighted by atomic mass is 10.0. The number of anilines is 1. The Bertz CT molecular complexity index is 1460. The van der Waals surface area contributed by atoms with Crippen molar-refractivity contribution in [3.05, 3.63) is 108 Å². The van der Waals surface area contributed by atoms with Gasteiger partial charge in [-0.2, -0.15) is 0 Å². The molecule has 2 heterocycles. The van der Waals surface area contributed by atoms with Gasteiger partial charge in [-0.25, -0.2) is 9.30 Å². The van der Waals surface area contributed by atoms with Gasteiger partial charge < -0.3 is 20.1 Å². The normalized spacial score (nSPS) is 14.9. The minimum Gasteiger partial charge on any atom is -0.405 e. The lowest BCUT2D eigenvalue weighted by Crippen LogP contribution is -2.37. The standard InChI is InChI=1S/C30H32N8O3S/c1-21(35-29(23-11-8-14-34-19-23)42-38-15-17-40-18-16-38)28(31)41-30(32)37-26(20-39)36-27(22-9-4-3-5-10-22)24-12-6-7-13-25(24)33-2/h3-14,19-20,26,31,33H,1,15-18H2,2H3,(H2,32,37)/b31-28?,35-29-,36-27-. The Labute approximate surface area is 248 Å². The Morgan fingerprint density at radius 2 is 1.81 bits per heavy atom. The molecule has 1 aliphatic heterocycles. The number of aldehydes is 1. The smallest absolute Gasteiger partial charge is 0.290 e. The van der Waals surface area contributed by atoms with E-state index in [4.69, 9.17) is 20.3 Å². The quantitative estimate of drug-likeness (QED) is 0.121. The Hall–Kier alpha value is -4.65. The highest BCUT2D eigenvalue weighted by Crippen LogP contribution is 2.22. The molecule has 2 aromatic carbocycles. The molecule has 11 nitrogen and oxygen atoms in total. The number of hydrogen-bond acceptors (Lipinski definition) is 11. The van der Waals surface area contributed by atoms with Crippen LogP contribution in [0.5, 0.6) is 0 Å². The van der Waals surface area contributed by atoms with Gasteiger partial charge in [-0.3, -0.25) is 25.6 Å². The van der Waals surface area contributed by atoms with Crippen molar-refractivity contribution >= 4 is 46.6 Å². The summed E-state index contributed by atoms with van der Waals surface area (Å²) in [4.78, 5) is 25.4. The van der Waals surface area contributed by atoms with E-state index >= 15 is 0 Å². The molecule has 1 aromatic heterocycles. The molecule has 42 heavy (non-hydrogen) atoms. The maximum Gasteiger partial charge on any atom is 0.290 e. The number of aromatic nitrogens is 1. The highest BCUT2D eigenvalue weighted by molar-refractivity contribution is 8.12. The monoisotopic (exact) mass is 584 g/mol. The molecule has 1 atom stereocenters. The van der Waals surface area contributed by atoms with Crippen LogP contribution in [0.1, 0.15) is 16.7 Å². The summed E-state index contributed by atoms with van der Waals surface area (Å²) in [6, 6.07) is 20.1. The average Bonchev–Trinajstić information content (AvgIpc) is 3.04. The number of aliphatic imine (C=N–C) groups is 2. The van der Waals surface area contributed by atoms with Crippen LogP contribution in [0, 0.1) is 10.8 Å². The van der Waals surface area contributed by atoms with Crippen LogP contribution < -0.4 is 10.6 Å². The van der Waals surface area contributed by atoms with Gasteiger partial charge in [0.1, 0.15) is 10.7 Å². The molecular formula is C30H32N8O3S. The van der Waals surface area contributed by atoms with Crippen LogP contribution in [-0.4, -0.2) is 77.8 Å². The SMILES string of the molecule is C=C(/N=C(\SN1CCOCC1)c1cccnc1)C(=N)OC(=N)NC(C=O)/N=C(/c1ccccc1)c1ccccc1NC. The van der Waals surface area contributed by atoms with Crippen LogP contribution in [-0.2, 0) is 14.3 Å². The number of rotatable bonds is 10.